The molecule has 9 heteroatoms. The highest BCUT2D eigenvalue weighted by Gasteiger charge is 2.37. The second-order valence-electron chi connectivity index (χ2n) is 7.77. The number of rotatable bonds is 5. The fourth-order valence-electron chi connectivity index (χ4n) is 4.12. The van der Waals surface area contributed by atoms with E-state index < -0.39 is 10.8 Å². The molecule has 2 aromatic rings. The summed E-state index contributed by atoms with van der Waals surface area (Å²) in [6.07, 6.45) is 0.127. The summed E-state index contributed by atoms with van der Waals surface area (Å²) in [6.45, 7) is 4.35. The van der Waals surface area contributed by atoms with Gasteiger partial charge in [0.1, 0.15) is 11.4 Å². The summed E-state index contributed by atoms with van der Waals surface area (Å²) in [5.41, 5.74) is 1.72. The number of hydrogen-bond acceptors (Lipinski definition) is 7. The Balaban J connectivity index is 1.52. The summed E-state index contributed by atoms with van der Waals surface area (Å²) in [5.74, 6) is -0.257. The number of methoxy groups -OCH3 is 1. The van der Waals surface area contributed by atoms with Gasteiger partial charge in [0, 0.05) is 50.3 Å². The highest BCUT2D eigenvalue weighted by atomic mass is 16.6. The van der Waals surface area contributed by atoms with Gasteiger partial charge in [0.05, 0.1) is 17.7 Å². The van der Waals surface area contributed by atoms with Crippen LogP contribution < -0.4 is 19.4 Å². The van der Waals surface area contributed by atoms with Crippen molar-refractivity contribution >= 4 is 34.6 Å². The molecular formula is C22H24N4O5. The van der Waals surface area contributed by atoms with Gasteiger partial charge in [-0.25, -0.2) is 0 Å². The van der Waals surface area contributed by atoms with Crippen molar-refractivity contribution in [1.29, 1.82) is 0 Å². The Morgan fingerprint density at radius 3 is 2.13 bits per heavy atom. The van der Waals surface area contributed by atoms with E-state index in [1.165, 1.54) is 6.07 Å². The van der Waals surface area contributed by atoms with E-state index in [0.717, 1.165) is 16.3 Å². The van der Waals surface area contributed by atoms with Gasteiger partial charge in [-0.2, -0.15) is 0 Å². The van der Waals surface area contributed by atoms with E-state index in [-0.39, 0.29) is 29.6 Å². The van der Waals surface area contributed by atoms with E-state index in [1.54, 1.807) is 26.2 Å². The van der Waals surface area contributed by atoms with Crippen molar-refractivity contribution < 1.29 is 19.2 Å². The highest BCUT2D eigenvalue weighted by molar-refractivity contribution is 6.21. The Kier molecular flexibility index (Phi) is 5.50. The Morgan fingerprint density at radius 2 is 1.58 bits per heavy atom. The molecule has 0 N–H and O–H groups in total. The van der Waals surface area contributed by atoms with E-state index in [0.29, 0.717) is 31.9 Å². The normalized spacial score (nSPS) is 19.2. The second kappa shape index (κ2) is 8.25. The summed E-state index contributed by atoms with van der Waals surface area (Å²) in [7, 11) is 1.63. The maximum atomic E-state index is 12.3. The van der Waals surface area contributed by atoms with Crippen molar-refractivity contribution in [2.75, 3.05) is 48.0 Å². The van der Waals surface area contributed by atoms with Crippen LogP contribution in [0.5, 0.6) is 5.75 Å². The highest BCUT2D eigenvalue weighted by Crippen LogP contribution is 2.36. The summed E-state index contributed by atoms with van der Waals surface area (Å²) in [6, 6.07) is 12.4. The summed E-state index contributed by atoms with van der Waals surface area (Å²) in [4.78, 5) is 41.1. The molecule has 1 atom stereocenters. The fourth-order valence-corrected chi connectivity index (χ4v) is 4.12. The molecule has 0 aliphatic carbocycles. The predicted molar refractivity (Wildman–Crippen MR) is 117 cm³/mol. The van der Waals surface area contributed by atoms with Crippen LogP contribution in [0.1, 0.15) is 13.3 Å². The molecule has 0 bridgehead atoms. The number of hydrogen-bond donors (Lipinski definition) is 0. The average molecular weight is 424 g/mol. The Morgan fingerprint density at radius 1 is 0.968 bits per heavy atom. The number of nitro benzene ring substituents is 1. The molecule has 2 aliphatic rings. The molecule has 2 aromatic carbocycles. The van der Waals surface area contributed by atoms with Crippen molar-refractivity contribution in [2.24, 2.45) is 5.92 Å². The summed E-state index contributed by atoms with van der Waals surface area (Å²) in [5, 5.41) is 11.8. The number of carbonyl (C=O) groups is 2. The molecule has 2 heterocycles. The molecule has 0 unspecified atom stereocenters. The average Bonchev–Trinajstić information content (AvgIpc) is 3.04. The Hall–Kier alpha value is -3.62. The minimum Gasteiger partial charge on any atom is -0.497 e. The maximum Gasteiger partial charge on any atom is 0.294 e. The van der Waals surface area contributed by atoms with Crippen molar-refractivity contribution in [3.05, 3.63) is 52.6 Å². The van der Waals surface area contributed by atoms with Crippen molar-refractivity contribution in [3.63, 3.8) is 0 Å². The zero-order valence-electron chi connectivity index (χ0n) is 17.5. The van der Waals surface area contributed by atoms with Crippen LogP contribution in [-0.2, 0) is 9.59 Å². The molecule has 0 spiro atoms. The van der Waals surface area contributed by atoms with Crippen molar-refractivity contribution in [1.82, 2.24) is 0 Å². The monoisotopic (exact) mass is 424 g/mol. The van der Waals surface area contributed by atoms with Gasteiger partial charge in [0.2, 0.25) is 11.8 Å². The Labute approximate surface area is 179 Å². The van der Waals surface area contributed by atoms with Gasteiger partial charge < -0.3 is 14.5 Å². The maximum absolute atomic E-state index is 12.3. The van der Waals surface area contributed by atoms with Gasteiger partial charge in [-0.1, -0.05) is 6.92 Å². The number of anilines is 3. The van der Waals surface area contributed by atoms with Gasteiger partial charge in [0.25, 0.3) is 5.69 Å². The Bertz CT molecular complexity index is 1020. The van der Waals surface area contributed by atoms with Crippen LogP contribution in [0.4, 0.5) is 22.7 Å². The molecule has 9 nitrogen and oxygen atoms in total. The largest absolute Gasteiger partial charge is 0.497 e. The minimum atomic E-state index is -0.455. The zero-order valence-corrected chi connectivity index (χ0v) is 17.5. The fraction of sp³-hybridized carbons (Fsp3) is 0.364. The summed E-state index contributed by atoms with van der Waals surface area (Å²) >= 11 is 0. The number of nitrogens with zero attached hydrogens (tertiary/aromatic N) is 4. The first-order valence-electron chi connectivity index (χ1n) is 10.2. The quantitative estimate of drug-likeness (QED) is 0.414. The molecular weight excluding hydrogens is 400 g/mol. The van der Waals surface area contributed by atoms with E-state index in [9.17, 15) is 19.7 Å². The molecule has 31 heavy (non-hydrogen) atoms. The number of piperazine rings is 1. The standard InChI is InChI=1S/C22H24N4O5/c1-15-13-21(27)25(22(15)28)17-5-8-19(20(14-17)26(29)30)24-11-9-23(10-12-24)16-3-6-18(31-2)7-4-16/h3-8,14-15H,9-13H2,1-2H3/t15-/m1/s1. The van der Waals surface area contributed by atoms with Crippen LogP contribution in [-0.4, -0.2) is 50.0 Å². The lowest BCUT2D eigenvalue weighted by Crippen LogP contribution is -2.46. The number of ether oxygens (including phenoxy) is 1. The topological polar surface area (TPSA) is 96.2 Å². The zero-order chi connectivity index (χ0) is 22.1. The van der Waals surface area contributed by atoms with Crippen molar-refractivity contribution in [2.45, 2.75) is 13.3 Å². The van der Waals surface area contributed by atoms with Gasteiger partial charge in [-0.15, -0.1) is 0 Å². The SMILES string of the molecule is COc1ccc(N2CCN(c3ccc(N4C(=O)C[C@@H](C)C4=O)cc3[N+](=O)[O-])CC2)cc1. The summed E-state index contributed by atoms with van der Waals surface area (Å²) < 4.78 is 5.20. The van der Waals surface area contributed by atoms with Gasteiger partial charge in [-0.05, 0) is 36.4 Å². The lowest BCUT2D eigenvalue weighted by Gasteiger charge is -2.37. The van der Waals surface area contributed by atoms with Gasteiger partial charge in [-0.3, -0.25) is 24.6 Å². The van der Waals surface area contributed by atoms with Crippen LogP contribution in [0.2, 0.25) is 0 Å². The smallest absolute Gasteiger partial charge is 0.294 e. The first kappa shape index (κ1) is 20.6. The second-order valence-corrected chi connectivity index (χ2v) is 7.77. The molecule has 162 valence electrons. The van der Waals surface area contributed by atoms with Crippen molar-refractivity contribution in [3.8, 4) is 5.75 Å². The van der Waals surface area contributed by atoms with Crippen LogP contribution in [0.3, 0.4) is 0 Å². The number of amides is 2. The molecule has 2 aliphatic heterocycles. The third-order valence-corrected chi connectivity index (χ3v) is 5.84. The van der Waals surface area contributed by atoms with E-state index in [4.69, 9.17) is 4.74 Å². The lowest BCUT2D eigenvalue weighted by molar-refractivity contribution is -0.384. The lowest BCUT2D eigenvalue weighted by atomic mass is 10.1. The molecule has 0 aromatic heterocycles. The van der Waals surface area contributed by atoms with Crippen LogP contribution in [0.15, 0.2) is 42.5 Å². The third-order valence-electron chi connectivity index (χ3n) is 5.84. The first-order chi connectivity index (χ1) is 14.9. The molecule has 4 rings (SSSR count). The van der Waals surface area contributed by atoms with Crippen LogP contribution in [0, 0.1) is 16.0 Å². The van der Waals surface area contributed by atoms with Gasteiger partial charge in [0.15, 0.2) is 0 Å². The minimum absolute atomic E-state index is 0.101. The number of benzene rings is 2. The molecule has 0 radical (unpaired) electrons. The van der Waals surface area contributed by atoms with E-state index >= 15 is 0 Å². The first-order valence-corrected chi connectivity index (χ1v) is 10.2. The molecule has 2 fully saturated rings. The molecule has 2 amide bonds. The molecule has 0 saturated carbocycles. The van der Waals surface area contributed by atoms with Gasteiger partial charge >= 0.3 is 0 Å². The number of nitro groups is 1. The predicted octanol–water partition coefficient (Wildman–Crippen LogP) is 2.83. The van der Waals surface area contributed by atoms with Crippen LogP contribution >= 0.6 is 0 Å². The number of carbonyl (C=O) groups excluding carboxylic acids is 2. The van der Waals surface area contributed by atoms with Crippen LogP contribution in [0.25, 0.3) is 0 Å². The number of imide groups is 1. The van der Waals surface area contributed by atoms with E-state index in [2.05, 4.69) is 4.90 Å². The molecule has 2 saturated heterocycles. The third kappa shape index (κ3) is 3.90. The van der Waals surface area contributed by atoms with E-state index in [1.807, 2.05) is 29.2 Å².